The zero-order valence-electron chi connectivity index (χ0n) is 11.3. The third-order valence-corrected chi connectivity index (χ3v) is 3.94. The second-order valence-electron chi connectivity index (χ2n) is 5.43. The number of benzene rings is 1. The van der Waals surface area contributed by atoms with Crippen molar-refractivity contribution in [2.75, 3.05) is 5.32 Å². The van der Waals surface area contributed by atoms with Gasteiger partial charge in [0, 0.05) is 5.69 Å². The molecule has 0 spiro atoms. The van der Waals surface area contributed by atoms with Gasteiger partial charge >= 0.3 is 0 Å². The van der Waals surface area contributed by atoms with Crippen LogP contribution >= 0.6 is 0 Å². The summed E-state index contributed by atoms with van der Waals surface area (Å²) in [7, 11) is 0. The van der Waals surface area contributed by atoms with Crippen LogP contribution in [0, 0.1) is 11.8 Å². The minimum absolute atomic E-state index is 0.382. The Balaban J connectivity index is 1.92. The molecule has 3 unspecified atom stereocenters. The van der Waals surface area contributed by atoms with E-state index in [9.17, 15) is 0 Å². The maximum atomic E-state index is 5.96. The molecule has 0 heterocycles. The Morgan fingerprint density at radius 3 is 2.56 bits per heavy atom. The lowest BCUT2D eigenvalue weighted by Crippen LogP contribution is -2.29. The molecule has 3 nitrogen and oxygen atoms in total. The lowest BCUT2D eigenvalue weighted by Gasteiger charge is -2.30. The highest BCUT2D eigenvalue weighted by molar-refractivity contribution is 5.92. The van der Waals surface area contributed by atoms with Gasteiger partial charge in [-0.25, -0.2) is 4.99 Å². The minimum atomic E-state index is 0.382. The molecule has 98 valence electrons. The Bertz CT molecular complexity index is 399. The molecule has 1 aromatic rings. The SMILES string of the molecule is CC1CCC(N=C(N)Nc2ccccc2)CC1C. The van der Waals surface area contributed by atoms with Crippen LogP contribution in [0.4, 0.5) is 5.69 Å². The van der Waals surface area contributed by atoms with Gasteiger partial charge in [0.25, 0.3) is 0 Å². The zero-order valence-corrected chi connectivity index (χ0v) is 11.3. The van der Waals surface area contributed by atoms with Crippen LogP contribution in [0.15, 0.2) is 35.3 Å². The topological polar surface area (TPSA) is 50.4 Å². The first-order chi connectivity index (χ1) is 8.65. The average Bonchev–Trinajstić information content (AvgIpc) is 2.35. The van der Waals surface area contributed by atoms with Gasteiger partial charge in [-0.2, -0.15) is 0 Å². The lowest BCUT2D eigenvalue weighted by molar-refractivity contribution is 0.252. The number of aliphatic imine (C=N–C) groups is 1. The third kappa shape index (κ3) is 3.49. The number of nitrogens with two attached hydrogens (primary N) is 1. The van der Waals surface area contributed by atoms with Crippen LogP contribution in [0.5, 0.6) is 0 Å². The summed E-state index contributed by atoms with van der Waals surface area (Å²) in [6.45, 7) is 4.64. The fourth-order valence-electron chi connectivity index (χ4n) is 2.53. The quantitative estimate of drug-likeness (QED) is 0.621. The molecule has 0 aromatic heterocycles. The predicted octanol–water partition coefficient (Wildman–Crippen LogP) is 3.24. The number of nitrogens with one attached hydrogen (secondary N) is 1. The van der Waals surface area contributed by atoms with Crippen molar-refractivity contribution in [1.29, 1.82) is 0 Å². The summed E-state index contributed by atoms with van der Waals surface area (Å²) < 4.78 is 0. The normalized spacial score (nSPS) is 29.0. The highest BCUT2D eigenvalue weighted by atomic mass is 15.1. The smallest absolute Gasteiger partial charge is 0.193 e. The summed E-state index contributed by atoms with van der Waals surface area (Å²) in [5.74, 6) is 2.10. The van der Waals surface area contributed by atoms with Crippen LogP contribution in [0.2, 0.25) is 0 Å². The average molecular weight is 245 g/mol. The first-order valence-corrected chi connectivity index (χ1v) is 6.80. The molecule has 3 heteroatoms. The summed E-state index contributed by atoms with van der Waals surface area (Å²) in [5, 5.41) is 3.14. The largest absolute Gasteiger partial charge is 0.370 e. The molecule has 0 saturated heterocycles. The second-order valence-corrected chi connectivity index (χ2v) is 5.43. The molecule has 18 heavy (non-hydrogen) atoms. The van der Waals surface area contributed by atoms with Crippen LogP contribution in [0.1, 0.15) is 33.1 Å². The Hall–Kier alpha value is -1.51. The van der Waals surface area contributed by atoms with E-state index >= 15 is 0 Å². The van der Waals surface area contributed by atoms with E-state index in [2.05, 4.69) is 24.2 Å². The predicted molar refractivity (Wildman–Crippen MR) is 77.7 cm³/mol. The lowest BCUT2D eigenvalue weighted by atomic mass is 9.79. The second kappa shape index (κ2) is 5.89. The molecule has 1 aliphatic carbocycles. The molecule has 0 bridgehead atoms. The number of nitrogens with zero attached hydrogens (tertiary/aromatic N) is 1. The van der Waals surface area contributed by atoms with Gasteiger partial charge in [-0.1, -0.05) is 32.0 Å². The summed E-state index contributed by atoms with van der Waals surface area (Å²) in [6.07, 6.45) is 3.56. The molecule has 0 amide bonds. The number of para-hydroxylation sites is 1. The zero-order chi connectivity index (χ0) is 13.0. The molecule has 0 radical (unpaired) electrons. The number of rotatable bonds is 2. The highest BCUT2D eigenvalue weighted by Gasteiger charge is 2.24. The van der Waals surface area contributed by atoms with Crippen LogP contribution in [0.3, 0.4) is 0 Å². The van der Waals surface area contributed by atoms with E-state index < -0.39 is 0 Å². The van der Waals surface area contributed by atoms with Crippen molar-refractivity contribution in [3.63, 3.8) is 0 Å². The van der Waals surface area contributed by atoms with Crippen molar-refractivity contribution in [2.24, 2.45) is 22.6 Å². The number of hydrogen-bond donors (Lipinski definition) is 2. The third-order valence-electron chi connectivity index (χ3n) is 3.94. The van der Waals surface area contributed by atoms with E-state index in [0.717, 1.165) is 30.4 Å². The number of anilines is 1. The minimum Gasteiger partial charge on any atom is -0.370 e. The summed E-state index contributed by atoms with van der Waals surface area (Å²) in [5.41, 5.74) is 6.95. The molecule has 3 atom stereocenters. The highest BCUT2D eigenvalue weighted by Crippen LogP contribution is 2.30. The van der Waals surface area contributed by atoms with Gasteiger partial charge in [0.05, 0.1) is 6.04 Å². The molecule has 1 fully saturated rings. The first kappa shape index (κ1) is 12.9. The van der Waals surface area contributed by atoms with Gasteiger partial charge in [-0.05, 0) is 43.2 Å². The van der Waals surface area contributed by atoms with Gasteiger partial charge in [-0.15, -0.1) is 0 Å². The van der Waals surface area contributed by atoms with Gasteiger partial charge < -0.3 is 11.1 Å². The summed E-state index contributed by atoms with van der Waals surface area (Å²) in [6, 6.07) is 10.3. The Labute approximate surface area is 109 Å². The van der Waals surface area contributed by atoms with Crippen molar-refractivity contribution >= 4 is 11.6 Å². The van der Waals surface area contributed by atoms with Crippen molar-refractivity contribution in [3.8, 4) is 0 Å². The molecule has 2 rings (SSSR count). The van der Waals surface area contributed by atoms with E-state index in [1.54, 1.807) is 0 Å². The van der Waals surface area contributed by atoms with Crippen LogP contribution in [-0.4, -0.2) is 12.0 Å². The van der Waals surface area contributed by atoms with Gasteiger partial charge in [0.1, 0.15) is 0 Å². The van der Waals surface area contributed by atoms with Crippen molar-refractivity contribution in [1.82, 2.24) is 0 Å². The summed E-state index contributed by atoms with van der Waals surface area (Å²) in [4.78, 5) is 4.60. The molecular formula is C15H23N3. The maximum Gasteiger partial charge on any atom is 0.193 e. The van der Waals surface area contributed by atoms with Crippen LogP contribution in [-0.2, 0) is 0 Å². The van der Waals surface area contributed by atoms with Crippen molar-refractivity contribution < 1.29 is 0 Å². The molecule has 0 aliphatic heterocycles. The molecule has 1 saturated carbocycles. The maximum absolute atomic E-state index is 5.96. The van der Waals surface area contributed by atoms with Gasteiger partial charge in [0.15, 0.2) is 5.96 Å². The Kier molecular flexibility index (Phi) is 4.24. The van der Waals surface area contributed by atoms with Gasteiger partial charge in [0.2, 0.25) is 0 Å². The van der Waals surface area contributed by atoms with Crippen molar-refractivity contribution in [3.05, 3.63) is 30.3 Å². The first-order valence-electron chi connectivity index (χ1n) is 6.80. The van der Waals surface area contributed by atoms with E-state index in [1.165, 1.54) is 6.42 Å². The van der Waals surface area contributed by atoms with Crippen molar-refractivity contribution in [2.45, 2.75) is 39.2 Å². The van der Waals surface area contributed by atoms with E-state index in [4.69, 9.17) is 5.73 Å². The van der Waals surface area contributed by atoms with E-state index in [-0.39, 0.29) is 0 Å². The fourth-order valence-corrected chi connectivity index (χ4v) is 2.53. The summed E-state index contributed by atoms with van der Waals surface area (Å²) >= 11 is 0. The Morgan fingerprint density at radius 1 is 1.17 bits per heavy atom. The molecule has 1 aromatic carbocycles. The number of hydrogen-bond acceptors (Lipinski definition) is 1. The van der Waals surface area contributed by atoms with Gasteiger partial charge in [-0.3, -0.25) is 0 Å². The standard InChI is InChI=1S/C15H23N3/c1-11-8-9-14(10-12(11)2)18-15(16)17-13-6-4-3-5-7-13/h3-7,11-12,14H,8-10H2,1-2H3,(H3,16,17,18). The molecular weight excluding hydrogens is 222 g/mol. The Morgan fingerprint density at radius 2 is 1.89 bits per heavy atom. The molecule has 3 N–H and O–H groups in total. The number of guanidine groups is 1. The van der Waals surface area contributed by atoms with Crippen LogP contribution < -0.4 is 11.1 Å². The van der Waals surface area contributed by atoms with E-state index in [0.29, 0.717) is 12.0 Å². The monoisotopic (exact) mass is 245 g/mol. The van der Waals surface area contributed by atoms with Crippen LogP contribution in [0.25, 0.3) is 0 Å². The fraction of sp³-hybridized carbons (Fsp3) is 0.533. The van der Waals surface area contributed by atoms with E-state index in [1.807, 2.05) is 30.3 Å². The molecule has 1 aliphatic rings.